The summed E-state index contributed by atoms with van der Waals surface area (Å²) in [5, 5.41) is 16.0. The van der Waals surface area contributed by atoms with Crippen LogP contribution in [0.5, 0.6) is 0 Å². The maximum atomic E-state index is 12.0. The molecule has 1 aromatic carbocycles. The van der Waals surface area contributed by atoms with Gasteiger partial charge in [0.2, 0.25) is 0 Å². The average Bonchev–Trinajstić information content (AvgIpc) is 3.06. The summed E-state index contributed by atoms with van der Waals surface area (Å²) in [6.07, 6.45) is 6.52. The average molecular weight is 446 g/mol. The number of aliphatic hydroxyl groups is 1. The number of carbonyl (C=O) groups is 1. The third kappa shape index (κ3) is 4.51. The van der Waals surface area contributed by atoms with Gasteiger partial charge in [-0.1, -0.05) is 36.1 Å². The molecule has 1 aliphatic heterocycles. The highest BCUT2D eigenvalue weighted by atomic mass is 32.1. The first-order valence-corrected chi connectivity index (χ1v) is 11.0. The Morgan fingerprint density at radius 1 is 1.28 bits per heavy atom. The molecule has 0 unspecified atom stereocenters. The summed E-state index contributed by atoms with van der Waals surface area (Å²) in [7, 11) is 0. The normalized spacial score (nSPS) is 14.5. The van der Waals surface area contributed by atoms with Gasteiger partial charge in [-0.05, 0) is 49.2 Å². The fourth-order valence-electron chi connectivity index (χ4n) is 3.35. The number of allylic oxidation sites excluding steroid dienone is 3. The number of aliphatic imine (C=N–C) groups is 1. The Hall–Kier alpha value is -3.62. The predicted octanol–water partition coefficient (Wildman–Crippen LogP) is 4.79. The van der Waals surface area contributed by atoms with Crippen molar-refractivity contribution in [3.63, 3.8) is 0 Å². The van der Waals surface area contributed by atoms with Crippen LogP contribution in [0.15, 0.2) is 72.0 Å². The van der Waals surface area contributed by atoms with E-state index in [4.69, 9.17) is 0 Å². The fraction of sp³-hybridized carbons (Fsp3) is 0.167. The van der Waals surface area contributed by atoms with Crippen molar-refractivity contribution >= 4 is 44.0 Å². The minimum Gasteiger partial charge on any atom is -0.387 e. The van der Waals surface area contributed by atoms with E-state index in [0.717, 1.165) is 32.6 Å². The molecule has 0 bridgehead atoms. The molecule has 162 valence electrons. The number of aliphatic hydroxyl groups excluding tert-OH is 1. The number of fused-ring (bicyclic) bond motifs is 1. The lowest BCUT2D eigenvalue weighted by Gasteiger charge is -2.07. The van der Waals surface area contributed by atoms with Crippen LogP contribution in [0.2, 0.25) is 0 Å². The van der Waals surface area contributed by atoms with Gasteiger partial charge in [0.1, 0.15) is 0 Å². The number of nitrogens with zero attached hydrogens (tertiary/aromatic N) is 3. The molecule has 8 heteroatoms. The summed E-state index contributed by atoms with van der Waals surface area (Å²) >= 11 is 1.40. The second-order valence-electron chi connectivity index (χ2n) is 7.22. The van der Waals surface area contributed by atoms with E-state index in [0.29, 0.717) is 23.0 Å². The highest BCUT2D eigenvalue weighted by Gasteiger charge is 2.17. The Morgan fingerprint density at radius 3 is 2.84 bits per heavy atom. The van der Waals surface area contributed by atoms with Crippen LogP contribution in [0, 0.1) is 0 Å². The molecule has 0 aliphatic carbocycles. The number of carbonyl (C=O) groups excluding carboxylic acids is 1. The van der Waals surface area contributed by atoms with Crippen molar-refractivity contribution in [2.24, 2.45) is 4.99 Å². The van der Waals surface area contributed by atoms with Gasteiger partial charge in [-0.15, -0.1) is 0 Å². The Morgan fingerprint density at radius 2 is 2.12 bits per heavy atom. The Balaban J connectivity index is 1.85. The Labute approximate surface area is 190 Å². The molecule has 4 rings (SSSR count). The van der Waals surface area contributed by atoms with E-state index >= 15 is 0 Å². The third-order valence-corrected chi connectivity index (χ3v) is 5.87. The Bertz CT molecular complexity index is 1270. The monoisotopic (exact) mass is 445 g/mol. The van der Waals surface area contributed by atoms with Crippen molar-refractivity contribution in [3.8, 4) is 11.3 Å². The van der Waals surface area contributed by atoms with E-state index < -0.39 is 6.10 Å². The summed E-state index contributed by atoms with van der Waals surface area (Å²) in [5.41, 5.74) is 5.42. The van der Waals surface area contributed by atoms with Crippen molar-refractivity contribution in [2.75, 3.05) is 11.9 Å². The molecule has 32 heavy (non-hydrogen) atoms. The molecule has 3 aromatic rings. The largest absolute Gasteiger partial charge is 0.387 e. The topological polar surface area (TPSA) is 99.5 Å². The maximum Gasteiger partial charge on any atom is 0.321 e. The van der Waals surface area contributed by atoms with Gasteiger partial charge in [-0.25, -0.2) is 9.78 Å². The number of hydrogen-bond acceptors (Lipinski definition) is 6. The van der Waals surface area contributed by atoms with Crippen LogP contribution in [0.3, 0.4) is 0 Å². The van der Waals surface area contributed by atoms with Gasteiger partial charge >= 0.3 is 6.03 Å². The van der Waals surface area contributed by atoms with Gasteiger partial charge in [0.15, 0.2) is 5.13 Å². The second kappa shape index (κ2) is 9.25. The first-order chi connectivity index (χ1) is 15.5. The van der Waals surface area contributed by atoms with Crippen LogP contribution in [0.4, 0.5) is 9.93 Å². The maximum absolute atomic E-state index is 12.0. The summed E-state index contributed by atoms with van der Waals surface area (Å²) in [5.74, 6) is 0. The zero-order valence-electron chi connectivity index (χ0n) is 17.8. The summed E-state index contributed by atoms with van der Waals surface area (Å²) < 4.78 is 0.926. The molecule has 2 amide bonds. The number of thiazole rings is 1. The quantitative estimate of drug-likeness (QED) is 0.526. The van der Waals surface area contributed by atoms with Gasteiger partial charge in [-0.3, -0.25) is 15.3 Å². The first kappa shape index (κ1) is 21.6. The van der Waals surface area contributed by atoms with E-state index in [1.807, 2.05) is 49.4 Å². The first-order valence-electron chi connectivity index (χ1n) is 10.2. The number of hydrogen-bond donors (Lipinski definition) is 3. The zero-order valence-corrected chi connectivity index (χ0v) is 18.6. The van der Waals surface area contributed by atoms with Crippen LogP contribution < -0.4 is 10.6 Å². The zero-order chi connectivity index (χ0) is 22.7. The van der Waals surface area contributed by atoms with Crippen LogP contribution in [-0.4, -0.2) is 39.5 Å². The molecular weight excluding hydrogens is 422 g/mol. The summed E-state index contributed by atoms with van der Waals surface area (Å²) in [6, 6.07) is 9.46. The lowest BCUT2D eigenvalue weighted by atomic mass is 10.00. The van der Waals surface area contributed by atoms with Gasteiger partial charge in [0, 0.05) is 30.1 Å². The summed E-state index contributed by atoms with van der Waals surface area (Å²) in [6.45, 7) is 8.04. The van der Waals surface area contributed by atoms with E-state index in [1.165, 1.54) is 11.3 Å². The molecule has 1 atom stereocenters. The van der Waals surface area contributed by atoms with Crippen LogP contribution in [0.1, 0.15) is 19.4 Å². The minimum atomic E-state index is -0.712. The van der Waals surface area contributed by atoms with E-state index in [2.05, 4.69) is 32.2 Å². The highest BCUT2D eigenvalue weighted by molar-refractivity contribution is 7.22. The smallest absolute Gasteiger partial charge is 0.321 e. The lowest BCUT2D eigenvalue weighted by Crippen LogP contribution is -2.28. The number of amides is 2. The van der Waals surface area contributed by atoms with Crippen molar-refractivity contribution in [3.05, 3.63) is 72.6 Å². The molecule has 0 saturated heterocycles. The second-order valence-corrected chi connectivity index (χ2v) is 8.22. The fourth-order valence-corrected chi connectivity index (χ4v) is 4.32. The van der Waals surface area contributed by atoms with Gasteiger partial charge < -0.3 is 10.4 Å². The molecule has 2 aromatic heterocycles. The van der Waals surface area contributed by atoms with E-state index in [1.54, 1.807) is 19.3 Å². The third-order valence-electron chi connectivity index (χ3n) is 4.85. The van der Waals surface area contributed by atoms with Crippen LogP contribution >= 0.6 is 11.3 Å². The summed E-state index contributed by atoms with van der Waals surface area (Å²) in [4.78, 5) is 25.6. The number of nitrogens with one attached hydrogen (secondary N) is 2. The molecule has 0 spiro atoms. The molecule has 0 radical (unpaired) electrons. The minimum absolute atomic E-state index is 0.293. The van der Waals surface area contributed by atoms with Crippen molar-refractivity contribution in [2.45, 2.75) is 20.0 Å². The number of rotatable bonds is 5. The van der Waals surface area contributed by atoms with Crippen molar-refractivity contribution in [1.29, 1.82) is 0 Å². The highest BCUT2D eigenvalue weighted by Crippen LogP contribution is 2.37. The molecule has 0 saturated carbocycles. The molecule has 3 heterocycles. The lowest BCUT2D eigenvalue weighted by molar-refractivity contribution is 0.252. The van der Waals surface area contributed by atoms with Gasteiger partial charge in [-0.2, -0.15) is 0 Å². The van der Waals surface area contributed by atoms with Crippen molar-refractivity contribution < 1.29 is 9.90 Å². The van der Waals surface area contributed by atoms with Crippen LogP contribution in [0.25, 0.3) is 27.0 Å². The Kier molecular flexibility index (Phi) is 6.25. The molecule has 1 aliphatic rings. The van der Waals surface area contributed by atoms with Crippen molar-refractivity contribution in [1.82, 2.24) is 15.3 Å². The van der Waals surface area contributed by atoms with Gasteiger partial charge in [0.05, 0.1) is 27.7 Å². The molecule has 0 fully saturated rings. The standard InChI is InChI=1S/C24H23N5O2S/c1-4-25-23(31)29-24-28-20-12-17(16-9-8-14(2)21(15(3)30)27-13-16)11-18(22(20)32-24)19-7-5-6-10-26-19/h5-13,15,30H,2,4H2,1,3H3,(H2,25,28,29,31)/t15-/m1/s1. The SMILES string of the molecule is C=C1C=CC(c2cc(-c3ccccn3)c3sc(NC(=O)NCC)nc3c2)=CN=C1[C@@H](C)O. The number of benzene rings is 1. The van der Waals surface area contributed by atoms with Crippen LogP contribution in [-0.2, 0) is 0 Å². The number of pyridine rings is 1. The van der Waals surface area contributed by atoms with Gasteiger partial charge in [0.25, 0.3) is 0 Å². The molecule has 7 nitrogen and oxygen atoms in total. The molecular formula is C24H23N5O2S. The predicted molar refractivity (Wildman–Crippen MR) is 131 cm³/mol. The molecule has 3 N–H and O–H groups in total. The number of aromatic nitrogens is 2. The number of anilines is 1. The van der Waals surface area contributed by atoms with E-state index in [9.17, 15) is 9.90 Å². The van der Waals surface area contributed by atoms with E-state index in [-0.39, 0.29) is 6.03 Å². The number of urea groups is 1.